The molecule has 2 heterocycles. The molecule has 0 atom stereocenters. The topological polar surface area (TPSA) is 62.8 Å². The van der Waals surface area contributed by atoms with Crippen molar-refractivity contribution in [2.45, 2.75) is 24.2 Å². The van der Waals surface area contributed by atoms with Crippen LogP contribution >= 0.6 is 0 Å². The number of fused-ring (bicyclic) bond motifs is 1. The number of aromatic amines is 1. The summed E-state index contributed by atoms with van der Waals surface area (Å²) in [5.74, 6) is 0.140. The van der Waals surface area contributed by atoms with Gasteiger partial charge in [0.05, 0.1) is 11.1 Å². The van der Waals surface area contributed by atoms with Crippen molar-refractivity contribution in [3.05, 3.63) is 65.7 Å². The molecule has 6 heteroatoms. The lowest BCUT2D eigenvalue weighted by molar-refractivity contribution is 0.388. The molecule has 0 aliphatic heterocycles. The lowest BCUT2D eigenvalue weighted by atomic mass is 9.82. The van der Waals surface area contributed by atoms with Crippen LogP contribution in [0.3, 0.4) is 0 Å². The van der Waals surface area contributed by atoms with E-state index < -0.39 is 9.84 Å². The molecule has 0 saturated heterocycles. The zero-order valence-corrected chi connectivity index (χ0v) is 15.2. The van der Waals surface area contributed by atoms with Crippen molar-refractivity contribution in [2.24, 2.45) is 5.92 Å². The molecule has 26 heavy (non-hydrogen) atoms. The predicted molar refractivity (Wildman–Crippen MR) is 100 cm³/mol. The van der Waals surface area contributed by atoms with Crippen LogP contribution in [-0.2, 0) is 9.84 Å². The van der Waals surface area contributed by atoms with Crippen molar-refractivity contribution >= 4 is 26.4 Å². The summed E-state index contributed by atoms with van der Waals surface area (Å²) in [5, 5.41) is 0.715. The van der Waals surface area contributed by atoms with Crippen molar-refractivity contribution in [3.8, 4) is 0 Å². The lowest BCUT2D eigenvalue weighted by Crippen LogP contribution is -2.08. The fourth-order valence-corrected chi connectivity index (χ4v) is 3.83. The first-order valence-corrected chi connectivity index (χ1v) is 10.5. The fourth-order valence-electron chi connectivity index (χ4n) is 3.20. The molecule has 4 rings (SSSR count). The van der Waals surface area contributed by atoms with Gasteiger partial charge in [0, 0.05) is 22.9 Å². The van der Waals surface area contributed by atoms with Crippen LogP contribution in [0.25, 0.3) is 16.6 Å². The van der Waals surface area contributed by atoms with Crippen LogP contribution in [-0.4, -0.2) is 24.6 Å². The summed E-state index contributed by atoms with van der Waals surface area (Å²) in [5.41, 5.74) is 3.41. The fraction of sp³-hybridized carbons (Fsp3) is 0.250. The number of sulfone groups is 1. The van der Waals surface area contributed by atoms with Crippen LogP contribution in [0, 0.1) is 11.7 Å². The molecule has 1 saturated carbocycles. The Bertz CT molecular complexity index is 1090. The van der Waals surface area contributed by atoms with Gasteiger partial charge < -0.3 is 4.98 Å². The Morgan fingerprint density at radius 1 is 1.23 bits per heavy atom. The Balaban J connectivity index is 1.80. The van der Waals surface area contributed by atoms with Crippen LogP contribution in [0.15, 0.2) is 53.6 Å². The highest BCUT2D eigenvalue weighted by atomic mass is 32.2. The number of H-pyrrole nitrogens is 1. The van der Waals surface area contributed by atoms with Gasteiger partial charge in [-0.3, -0.25) is 0 Å². The normalized spacial score (nSPS) is 16.0. The Morgan fingerprint density at radius 3 is 2.58 bits per heavy atom. The van der Waals surface area contributed by atoms with E-state index in [2.05, 4.69) is 16.0 Å². The van der Waals surface area contributed by atoms with Gasteiger partial charge in [0.1, 0.15) is 11.5 Å². The van der Waals surface area contributed by atoms with Crippen molar-refractivity contribution in [1.29, 1.82) is 0 Å². The molecular formula is C20H19FN2O2S. The van der Waals surface area contributed by atoms with E-state index in [0.29, 0.717) is 21.8 Å². The van der Waals surface area contributed by atoms with E-state index in [0.717, 1.165) is 29.7 Å². The first-order chi connectivity index (χ1) is 12.4. The number of hydrogen-bond acceptors (Lipinski definition) is 3. The highest BCUT2D eigenvalue weighted by Crippen LogP contribution is 2.34. The molecule has 134 valence electrons. The van der Waals surface area contributed by atoms with Gasteiger partial charge in [-0.25, -0.2) is 17.8 Å². The molecule has 0 amide bonds. The van der Waals surface area contributed by atoms with Crippen LogP contribution in [0.2, 0.25) is 0 Å². The minimum Gasteiger partial charge on any atom is -0.339 e. The molecule has 1 aromatic carbocycles. The van der Waals surface area contributed by atoms with Crippen molar-refractivity contribution in [3.63, 3.8) is 0 Å². The lowest BCUT2D eigenvalue weighted by Gasteiger charge is -2.23. The van der Waals surface area contributed by atoms with Crippen molar-refractivity contribution in [2.75, 3.05) is 6.26 Å². The van der Waals surface area contributed by atoms with Gasteiger partial charge in [-0.15, -0.1) is 0 Å². The zero-order valence-electron chi connectivity index (χ0n) is 14.4. The van der Waals surface area contributed by atoms with Gasteiger partial charge in [0.2, 0.25) is 0 Å². The van der Waals surface area contributed by atoms with Crippen LogP contribution in [0.4, 0.5) is 4.39 Å². The summed E-state index contributed by atoms with van der Waals surface area (Å²) in [4.78, 5) is 7.65. The highest BCUT2D eigenvalue weighted by Gasteiger charge is 2.19. The first kappa shape index (κ1) is 17.0. The van der Waals surface area contributed by atoms with Crippen LogP contribution in [0.5, 0.6) is 0 Å². The quantitative estimate of drug-likeness (QED) is 0.743. The standard InChI is InChI=1S/C20H19FN2O2S/c1-26(24,25)17-7-5-14(6-8-17)18(9-13-3-2-4-13)19-11-15-10-16(21)12-22-20(15)23-19/h5-13H,2-4H2,1H3,(H,22,23)/b18-9-. The molecule has 1 N–H and O–H groups in total. The predicted octanol–water partition coefficient (Wildman–Crippen LogP) is 4.34. The van der Waals surface area contributed by atoms with Gasteiger partial charge in [-0.2, -0.15) is 0 Å². The monoisotopic (exact) mass is 370 g/mol. The Hall–Kier alpha value is -2.47. The number of nitrogens with zero attached hydrogens (tertiary/aromatic N) is 1. The maximum absolute atomic E-state index is 13.5. The molecule has 2 aromatic heterocycles. The van der Waals surface area contributed by atoms with E-state index in [4.69, 9.17) is 0 Å². The molecule has 1 aliphatic carbocycles. The summed E-state index contributed by atoms with van der Waals surface area (Å²) in [6.07, 6.45) is 8.14. The molecule has 1 fully saturated rings. The number of benzene rings is 1. The highest BCUT2D eigenvalue weighted by molar-refractivity contribution is 7.90. The van der Waals surface area contributed by atoms with Gasteiger partial charge in [-0.05, 0) is 48.6 Å². The maximum atomic E-state index is 13.5. The Kier molecular flexibility index (Phi) is 4.15. The van der Waals surface area contributed by atoms with E-state index in [-0.39, 0.29) is 5.82 Å². The number of rotatable bonds is 4. The molecule has 4 nitrogen and oxygen atoms in total. The minimum atomic E-state index is -3.23. The second kappa shape index (κ2) is 6.36. The largest absolute Gasteiger partial charge is 0.339 e. The summed E-state index contributed by atoms with van der Waals surface area (Å²) in [7, 11) is -3.23. The van der Waals surface area contributed by atoms with E-state index in [1.165, 1.54) is 24.9 Å². The number of aromatic nitrogens is 2. The number of halogens is 1. The molecular weight excluding hydrogens is 351 g/mol. The molecule has 0 spiro atoms. The van der Waals surface area contributed by atoms with Gasteiger partial charge >= 0.3 is 0 Å². The first-order valence-electron chi connectivity index (χ1n) is 8.57. The smallest absolute Gasteiger partial charge is 0.175 e. The summed E-state index contributed by atoms with van der Waals surface area (Å²) in [6, 6.07) is 10.2. The Morgan fingerprint density at radius 2 is 1.96 bits per heavy atom. The second-order valence-corrected chi connectivity index (χ2v) is 8.86. The summed E-state index contributed by atoms with van der Waals surface area (Å²) >= 11 is 0. The molecule has 1 aliphatic rings. The van der Waals surface area contributed by atoms with Crippen LogP contribution in [0.1, 0.15) is 30.5 Å². The SMILES string of the molecule is CS(=O)(=O)c1ccc(/C(=C/C2CCC2)c2cc3cc(F)cnc3[nH]2)cc1. The number of nitrogens with one attached hydrogen (secondary N) is 1. The number of allylic oxidation sites excluding steroid dienone is 1. The third-order valence-electron chi connectivity index (χ3n) is 4.87. The van der Waals surface area contributed by atoms with Crippen molar-refractivity contribution < 1.29 is 12.8 Å². The number of hydrogen-bond donors (Lipinski definition) is 1. The van der Waals surface area contributed by atoms with E-state index in [1.807, 2.05) is 18.2 Å². The third kappa shape index (κ3) is 3.29. The third-order valence-corrected chi connectivity index (χ3v) is 6.00. The second-order valence-electron chi connectivity index (χ2n) is 6.84. The van der Waals surface area contributed by atoms with Gasteiger partial charge in [0.15, 0.2) is 9.84 Å². The van der Waals surface area contributed by atoms with Gasteiger partial charge in [0.25, 0.3) is 0 Å². The Labute approximate surface area is 151 Å². The van der Waals surface area contributed by atoms with Crippen LogP contribution < -0.4 is 0 Å². The molecule has 3 aromatic rings. The minimum absolute atomic E-state index is 0.296. The molecule has 0 radical (unpaired) electrons. The van der Waals surface area contributed by atoms with E-state index in [9.17, 15) is 12.8 Å². The summed E-state index contributed by atoms with van der Waals surface area (Å²) in [6.45, 7) is 0. The van der Waals surface area contributed by atoms with Crippen molar-refractivity contribution in [1.82, 2.24) is 9.97 Å². The maximum Gasteiger partial charge on any atom is 0.175 e. The average molecular weight is 370 g/mol. The summed E-state index contributed by atoms with van der Waals surface area (Å²) < 4.78 is 36.9. The molecule has 0 unspecified atom stereocenters. The number of pyridine rings is 1. The van der Waals surface area contributed by atoms with E-state index >= 15 is 0 Å². The zero-order chi connectivity index (χ0) is 18.3. The molecule has 0 bridgehead atoms. The van der Waals surface area contributed by atoms with Gasteiger partial charge in [-0.1, -0.05) is 24.6 Å². The van der Waals surface area contributed by atoms with E-state index in [1.54, 1.807) is 12.1 Å². The average Bonchev–Trinajstić information content (AvgIpc) is 2.96.